The van der Waals surface area contributed by atoms with Gasteiger partial charge in [-0.2, -0.15) is 5.09 Å². The van der Waals surface area contributed by atoms with E-state index < -0.39 is 43.3 Å². The van der Waals surface area contributed by atoms with Gasteiger partial charge >= 0.3 is 13.7 Å². The topological polar surface area (TPSA) is 120 Å². The molecule has 0 radical (unpaired) electrons. The number of nitro groups is 1. The summed E-state index contributed by atoms with van der Waals surface area (Å²) in [7, 11) is -4.33. The molecule has 2 unspecified atom stereocenters. The molecule has 0 spiro atoms. The number of hydrogen-bond donors (Lipinski definition) is 1. The third-order valence-electron chi connectivity index (χ3n) is 5.27. The van der Waals surface area contributed by atoms with Crippen molar-refractivity contribution in [1.82, 2.24) is 9.99 Å². The molecule has 0 amide bonds. The molecule has 35 heavy (non-hydrogen) atoms. The Kier molecular flexibility index (Phi) is 8.42. The lowest BCUT2D eigenvalue weighted by Crippen LogP contribution is -2.54. The van der Waals surface area contributed by atoms with E-state index in [1.807, 2.05) is 0 Å². The number of para-hydroxylation sites is 1. The number of benzene rings is 2. The lowest BCUT2D eigenvalue weighted by molar-refractivity contribution is -0.384. The van der Waals surface area contributed by atoms with Gasteiger partial charge in [-0.3, -0.25) is 19.8 Å². The van der Waals surface area contributed by atoms with E-state index in [4.69, 9.17) is 13.8 Å². The smallest absolute Gasteiger partial charge is 0.455 e. The zero-order valence-corrected chi connectivity index (χ0v) is 20.0. The number of hydrogen-bond acceptors (Lipinski definition) is 8. The second-order valence-corrected chi connectivity index (χ2v) is 9.56. The van der Waals surface area contributed by atoms with E-state index in [1.54, 1.807) is 30.0 Å². The monoisotopic (exact) mass is 513 g/mol. The Morgan fingerprint density at radius 2 is 1.80 bits per heavy atom. The number of alkyl halides is 2. The first kappa shape index (κ1) is 26.5. The van der Waals surface area contributed by atoms with E-state index in [2.05, 4.69) is 5.09 Å². The minimum Gasteiger partial charge on any atom is -0.455 e. The highest BCUT2D eigenvalue weighted by Crippen LogP contribution is 2.45. The van der Waals surface area contributed by atoms with Crippen LogP contribution in [-0.4, -0.2) is 53.5 Å². The number of nitro benzene ring substituents is 1. The SMILES string of the molecule is CCN1CCC(OC(=O)[C@H](C)NP(=O)(Oc2ccccc2)Oc2ccc([N+](=O)[O-])cc2)C(F)(F)C1. The first-order valence-corrected chi connectivity index (χ1v) is 12.4. The van der Waals surface area contributed by atoms with Gasteiger partial charge in [0.25, 0.3) is 11.6 Å². The highest BCUT2D eigenvalue weighted by Gasteiger charge is 2.47. The van der Waals surface area contributed by atoms with Gasteiger partial charge in [-0.25, -0.2) is 13.3 Å². The van der Waals surface area contributed by atoms with E-state index in [-0.39, 0.29) is 23.6 Å². The molecule has 3 atom stereocenters. The molecule has 10 nitrogen and oxygen atoms in total. The van der Waals surface area contributed by atoms with Crippen LogP contribution >= 0.6 is 7.75 Å². The number of piperidine rings is 1. The fourth-order valence-corrected chi connectivity index (χ4v) is 4.92. The van der Waals surface area contributed by atoms with Crippen molar-refractivity contribution >= 4 is 19.4 Å². The summed E-state index contributed by atoms with van der Waals surface area (Å²) >= 11 is 0. The molecule has 2 aromatic carbocycles. The number of esters is 1. The zero-order chi connectivity index (χ0) is 25.6. The number of likely N-dealkylation sites (tertiary alicyclic amines) is 1. The molecule has 2 aromatic rings. The molecule has 1 aliphatic heterocycles. The normalized spacial score (nSPS) is 20.3. The van der Waals surface area contributed by atoms with Crippen LogP contribution in [0.2, 0.25) is 0 Å². The van der Waals surface area contributed by atoms with Gasteiger partial charge in [0.2, 0.25) is 0 Å². The summed E-state index contributed by atoms with van der Waals surface area (Å²) in [6.45, 7) is 3.33. The van der Waals surface area contributed by atoms with Gasteiger partial charge in [-0.1, -0.05) is 25.1 Å². The van der Waals surface area contributed by atoms with Crippen LogP contribution in [0.25, 0.3) is 0 Å². The molecular weight excluding hydrogens is 487 g/mol. The van der Waals surface area contributed by atoms with Gasteiger partial charge in [-0.15, -0.1) is 0 Å². The predicted molar refractivity (Wildman–Crippen MR) is 123 cm³/mol. The van der Waals surface area contributed by atoms with Gasteiger partial charge < -0.3 is 13.8 Å². The number of carbonyl (C=O) groups excluding carboxylic acids is 1. The summed E-state index contributed by atoms with van der Waals surface area (Å²) in [6, 6.07) is 11.3. The molecule has 0 aliphatic carbocycles. The maximum atomic E-state index is 14.4. The van der Waals surface area contributed by atoms with Crippen LogP contribution in [0.4, 0.5) is 14.5 Å². The van der Waals surface area contributed by atoms with E-state index in [0.29, 0.717) is 13.1 Å². The van der Waals surface area contributed by atoms with Crippen molar-refractivity contribution in [3.05, 3.63) is 64.7 Å². The summed E-state index contributed by atoms with van der Waals surface area (Å²) < 4.78 is 58.4. The zero-order valence-electron chi connectivity index (χ0n) is 19.1. The van der Waals surface area contributed by atoms with Crippen LogP contribution in [0.3, 0.4) is 0 Å². The molecular formula is C22H26F2N3O7P. The highest BCUT2D eigenvalue weighted by atomic mass is 31.2. The second-order valence-electron chi connectivity index (χ2n) is 7.94. The molecule has 0 aromatic heterocycles. The number of carbonyl (C=O) groups is 1. The van der Waals surface area contributed by atoms with Gasteiger partial charge in [-0.05, 0) is 37.7 Å². The maximum absolute atomic E-state index is 14.4. The summed E-state index contributed by atoms with van der Waals surface area (Å²) in [5, 5.41) is 13.3. The Bertz CT molecular complexity index is 1070. The van der Waals surface area contributed by atoms with Crippen molar-refractivity contribution in [3.63, 3.8) is 0 Å². The fourth-order valence-electron chi connectivity index (χ4n) is 3.40. The highest BCUT2D eigenvalue weighted by molar-refractivity contribution is 7.52. The summed E-state index contributed by atoms with van der Waals surface area (Å²) in [5.74, 6) is -4.18. The Morgan fingerprint density at radius 3 is 2.34 bits per heavy atom. The Morgan fingerprint density at radius 1 is 1.20 bits per heavy atom. The standard InChI is InChI=1S/C22H26F2N3O7P/c1-3-26-14-13-20(22(23,24)15-26)32-21(28)16(2)25-35(31,33-18-7-5-4-6-8-18)34-19-11-9-17(10-12-19)27(29)30/h4-12,16,20H,3,13-15H2,1-2H3,(H,25,31)/t16-,20?,35?/m0/s1. The quantitative estimate of drug-likeness (QED) is 0.213. The number of nitrogens with zero attached hydrogens (tertiary/aromatic N) is 2. The van der Waals surface area contributed by atoms with Crippen LogP contribution in [0.15, 0.2) is 54.6 Å². The Labute approximate surface area is 200 Å². The molecule has 1 N–H and O–H groups in total. The average Bonchev–Trinajstić information content (AvgIpc) is 2.80. The van der Waals surface area contributed by atoms with Crippen LogP contribution in [0.5, 0.6) is 11.5 Å². The van der Waals surface area contributed by atoms with E-state index in [0.717, 1.165) is 12.1 Å². The Hall–Kier alpha value is -3.08. The minimum absolute atomic E-state index is 0.0404. The third-order valence-corrected chi connectivity index (χ3v) is 6.87. The molecule has 190 valence electrons. The van der Waals surface area contributed by atoms with Crippen LogP contribution in [0.1, 0.15) is 20.3 Å². The van der Waals surface area contributed by atoms with E-state index >= 15 is 0 Å². The number of rotatable bonds is 10. The lowest BCUT2D eigenvalue weighted by atomic mass is 10.0. The van der Waals surface area contributed by atoms with Crippen LogP contribution < -0.4 is 14.1 Å². The molecule has 3 rings (SSSR count). The van der Waals surface area contributed by atoms with Gasteiger partial charge in [0.1, 0.15) is 17.5 Å². The molecule has 1 heterocycles. The average molecular weight is 513 g/mol. The first-order chi connectivity index (χ1) is 16.5. The third kappa shape index (κ3) is 7.20. The number of non-ortho nitro benzene ring substituents is 1. The first-order valence-electron chi connectivity index (χ1n) is 10.9. The van der Waals surface area contributed by atoms with Crippen molar-refractivity contribution in [2.24, 2.45) is 0 Å². The minimum atomic E-state index is -4.33. The van der Waals surface area contributed by atoms with Crippen molar-refractivity contribution in [2.75, 3.05) is 19.6 Å². The largest absolute Gasteiger partial charge is 0.513 e. The Balaban J connectivity index is 1.74. The van der Waals surface area contributed by atoms with Crippen molar-refractivity contribution in [3.8, 4) is 11.5 Å². The lowest BCUT2D eigenvalue weighted by Gasteiger charge is -2.37. The van der Waals surface area contributed by atoms with Gasteiger partial charge in [0.15, 0.2) is 6.10 Å². The van der Waals surface area contributed by atoms with Gasteiger partial charge in [0.05, 0.1) is 11.5 Å². The number of ether oxygens (including phenoxy) is 1. The van der Waals surface area contributed by atoms with E-state index in [1.165, 1.54) is 31.2 Å². The molecule has 1 aliphatic rings. The van der Waals surface area contributed by atoms with Crippen LogP contribution in [-0.2, 0) is 14.1 Å². The molecule has 0 bridgehead atoms. The van der Waals surface area contributed by atoms with Crippen molar-refractivity contribution < 1.29 is 36.8 Å². The maximum Gasteiger partial charge on any atom is 0.513 e. The molecule has 13 heteroatoms. The van der Waals surface area contributed by atoms with Crippen molar-refractivity contribution in [2.45, 2.75) is 38.3 Å². The predicted octanol–water partition coefficient (Wildman–Crippen LogP) is 4.41. The summed E-state index contributed by atoms with van der Waals surface area (Å²) in [6.07, 6.45) is -1.66. The molecule has 1 saturated heterocycles. The number of nitrogens with one attached hydrogen (secondary N) is 1. The fraction of sp³-hybridized carbons (Fsp3) is 0.409. The van der Waals surface area contributed by atoms with E-state index in [9.17, 15) is 28.3 Å². The summed E-state index contributed by atoms with van der Waals surface area (Å²) in [5.41, 5.74) is -0.212. The van der Waals surface area contributed by atoms with Crippen LogP contribution in [0, 0.1) is 10.1 Å². The van der Waals surface area contributed by atoms with Gasteiger partial charge in [0, 0.05) is 25.1 Å². The second kappa shape index (κ2) is 11.1. The molecule has 1 fully saturated rings. The number of halogens is 2. The summed E-state index contributed by atoms with van der Waals surface area (Å²) in [4.78, 5) is 24.4. The van der Waals surface area contributed by atoms with Crippen molar-refractivity contribution in [1.29, 1.82) is 0 Å². The molecule has 0 saturated carbocycles.